The molecule has 2 amide bonds. The summed E-state index contributed by atoms with van der Waals surface area (Å²) in [7, 11) is 0. The first-order valence-electron chi connectivity index (χ1n) is 14.1. The molecule has 3 heterocycles. The highest BCUT2D eigenvalue weighted by Gasteiger charge is 2.39. The van der Waals surface area contributed by atoms with Crippen LogP contribution >= 0.6 is 11.6 Å². The summed E-state index contributed by atoms with van der Waals surface area (Å²) >= 11 is 6.24. The van der Waals surface area contributed by atoms with E-state index in [1.165, 1.54) is 24.0 Å². The van der Waals surface area contributed by atoms with Crippen molar-refractivity contribution in [1.29, 1.82) is 0 Å². The largest absolute Gasteiger partial charge is 0.345 e. The van der Waals surface area contributed by atoms with E-state index < -0.39 is 0 Å². The molecular weight excluding hydrogens is 508 g/mol. The third-order valence-electron chi connectivity index (χ3n) is 9.05. The van der Waals surface area contributed by atoms with E-state index in [1.54, 1.807) is 12.1 Å². The van der Waals surface area contributed by atoms with Crippen molar-refractivity contribution in [2.45, 2.75) is 51.1 Å². The average Bonchev–Trinajstić information content (AvgIpc) is 3.37. The summed E-state index contributed by atoms with van der Waals surface area (Å²) in [5.74, 6) is -0.0762. The molecule has 3 aliphatic rings. The van der Waals surface area contributed by atoms with Gasteiger partial charge in [-0.2, -0.15) is 0 Å². The molecule has 1 N–H and O–H groups in total. The van der Waals surface area contributed by atoms with E-state index in [1.807, 2.05) is 47.6 Å². The van der Waals surface area contributed by atoms with Crippen LogP contribution < -0.4 is 5.32 Å². The molecule has 6 nitrogen and oxygen atoms in total. The number of nitrogens with one attached hydrogen (secondary N) is 1. The molecule has 39 heavy (non-hydrogen) atoms. The first kappa shape index (κ1) is 26.0. The van der Waals surface area contributed by atoms with Crippen LogP contribution in [0.2, 0.25) is 5.02 Å². The summed E-state index contributed by atoms with van der Waals surface area (Å²) in [4.78, 5) is 35.2. The van der Waals surface area contributed by atoms with Gasteiger partial charge in [0.25, 0.3) is 11.8 Å². The van der Waals surface area contributed by atoms with E-state index in [9.17, 15) is 9.59 Å². The highest BCUT2D eigenvalue weighted by molar-refractivity contribution is 6.33. The van der Waals surface area contributed by atoms with E-state index in [-0.39, 0.29) is 17.9 Å². The fraction of sp³-hybridized carbons (Fsp3) is 0.406. The predicted octanol–water partition coefficient (Wildman–Crippen LogP) is 5.67. The zero-order valence-corrected chi connectivity index (χ0v) is 23.0. The van der Waals surface area contributed by atoms with Crippen LogP contribution in [-0.2, 0) is 13.0 Å². The van der Waals surface area contributed by atoms with Crippen LogP contribution in [0.1, 0.15) is 75.6 Å². The maximum absolute atomic E-state index is 13.5. The Kier molecular flexibility index (Phi) is 7.41. The minimum absolute atomic E-state index is 0.102. The molecule has 3 aromatic rings. The zero-order valence-electron chi connectivity index (χ0n) is 22.2. The van der Waals surface area contributed by atoms with Crippen LogP contribution in [0.15, 0.2) is 67.0 Å². The van der Waals surface area contributed by atoms with Gasteiger partial charge in [-0.1, -0.05) is 35.9 Å². The number of amides is 2. The summed E-state index contributed by atoms with van der Waals surface area (Å²) < 4.78 is 0. The monoisotopic (exact) mass is 542 g/mol. The number of hydrogen-bond acceptors (Lipinski definition) is 4. The van der Waals surface area contributed by atoms with Crippen molar-refractivity contribution in [3.63, 3.8) is 0 Å². The number of benzene rings is 2. The number of fused-ring (bicyclic) bond motifs is 1. The summed E-state index contributed by atoms with van der Waals surface area (Å²) in [6.07, 6.45) is 10.0. The van der Waals surface area contributed by atoms with Crippen LogP contribution in [-0.4, -0.2) is 52.8 Å². The first-order valence-corrected chi connectivity index (χ1v) is 14.5. The lowest BCUT2D eigenvalue weighted by Gasteiger charge is -2.47. The van der Waals surface area contributed by atoms with E-state index in [0.717, 1.165) is 69.5 Å². The molecule has 1 spiro atoms. The van der Waals surface area contributed by atoms with Gasteiger partial charge in [0.2, 0.25) is 0 Å². The van der Waals surface area contributed by atoms with Gasteiger partial charge in [-0.05, 0) is 104 Å². The van der Waals surface area contributed by atoms with Gasteiger partial charge in [-0.3, -0.25) is 19.5 Å². The van der Waals surface area contributed by atoms with E-state index in [2.05, 4.69) is 27.3 Å². The van der Waals surface area contributed by atoms with E-state index in [0.29, 0.717) is 16.0 Å². The molecule has 2 saturated heterocycles. The van der Waals surface area contributed by atoms with Crippen molar-refractivity contribution in [3.05, 3.63) is 99.8 Å². The summed E-state index contributed by atoms with van der Waals surface area (Å²) in [6, 6.07) is 17.2. The number of hydrogen-bond donors (Lipinski definition) is 1. The van der Waals surface area contributed by atoms with Gasteiger partial charge in [0.1, 0.15) is 0 Å². The van der Waals surface area contributed by atoms with Gasteiger partial charge >= 0.3 is 0 Å². The van der Waals surface area contributed by atoms with Gasteiger partial charge in [0, 0.05) is 37.6 Å². The molecule has 2 fully saturated rings. The van der Waals surface area contributed by atoms with Crippen molar-refractivity contribution < 1.29 is 9.59 Å². The Labute approximate surface area is 235 Å². The summed E-state index contributed by atoms with van der Waals surface area (Å²) in [5, 5.41) is 3.58. The Balaban J connectivity index is 1.05. The number of carbonyl (C=O) groups is 2. The number of pyridine rings is 1. The Morgan fingerprint density at radius 3 is 2.49 bits per heavy atom. The molecule has 2 aromatic carbocycles. The van der Waals surface area contributed by atoms with E-state index in [4.69, 9.17) is 11.6 Å². The maximum atomic E-state index is 13.5. The molecule has 1 aromatic heterocycles. The lowest BCUT2D eigenvalue weighted by molar-refractivity contribution is 0.0285. The second-order valence-corrected chi connectivity index (χ2v) is 11.8. The molecule has 7 heteroatoms. The normalized spacial score (nSPS) is 20.5. The van der Waals surface area contributed by atoms with Crippen molar-refractivity contribution >= 4 is 23.4 Å². The quantitative estimate of drug-likeness (QED) is 0.451. The molecule has 0 radical (unpaired) electrons. The van der Waals surface area contributed by atoms with Crippen molar-refractivity contribution in [3.8, 4) is 0 Å². The van der Waals surface area contributed by atoms with Crippen LogP contribution in [0.5, 0.6) is 0 Å². The molecule has 1 atom stereocenters. The summed E-state index contributed by atoms with van der Waals surface area (Å²) in [5.41, 5.74) is 5.07. The number of carbonyl (C=O) groups excluding carboxylic acids is 2. The minimum Gasteiger partial charge on any atom is -0.345 e. The molecular formula is C32H35ClN4O2. The first-order chi connectivity index (χ1) is 19.0. The third kappa shape index (κ3) is 5.59. The van der Waals surface area contributed by atoms with Gasteiger partial charge in [0.05, 0.1) is 16.6 Å². The second kappa shape index (κ2) is 11.1. The molecule has 2 aliphatic heterocycles. The number of aryl methyl sites for hydroxylation is 1. The number of rotatable bonds is 5. The summed E-state index contributed by atoms with van der Waals surface area (Å²) in [6.45, 7) is 4.80. The Morgan fingerprint density at radius 1 is 0.974 bits per heavy atom. The molecule has 0 saturated carbocycles. The van der Waals surface area contributed by atoms with Gasteiger partial charge in [0.15, 0.2) is 0 Å². The molecule has 0 bridgehead atoms. The zero-order chi connectivity index (χ0) is 26.8. The lowest BCUT2D eigenvalue weighted by Crippen LogP contribution is -2.48. The molecule has 202 valence electrons. The highest BCUT2D eigenvalue weighted by atomic mass is 35.5. The van der Waals surface area contributed by atoms with Crippen molar-refractivity contribution in [2.24, 2.45) is 5.41 Å². The fourth-order valence-corrected chi connectivity index (χ4v) is 6.79. The number of piperidine rings is 2. The Morgan fingerprint density at radius 2 is 1.74 bits per heavy atom. The van der Waals surface area contributed by atoms with Crippen LogP contribution in [0, 0.1) is 5.41 Å². The smallest absolute Gasteiger partial charge is 0.253 e. The van der Waals surface area contributed by atoms with Crippen LogP contribution in [0.4, 0.5) is 0 Å². The van der Waals surface area contributed by atoms with Gasteiger partial charge in [-0.25, -0.2) is 0 Å². The fourth-order valence-electron chi connectivity index (χ4n) is 6.57. The SMILES string of the molecule is O=C(NC1CCc2ccc(C(=O)N3CCC4(CCN(Cc5cccnc5)CC4)CC3)cc21)c1ccccc1Cl. The maximum Gasteiger partial charge on any atom is 0.253 e. The molecule has 6 rings (SSSR count). The van der Waals surface area contributed by atoms with Crippen molar-refractivity contribution in [1.82, 2.24) is 20.1 Å². The molecule has 1 aliphatic carbocycles. The number of likely N-dealkylation sites (tertiary alicyclic amines) is 2. The average molecular weight is 543 g/mol. The molecule has 1 unspecified atom stereocenters. The number of aromatic nitrogens is 1. The Bertz CT molecular complexity index is 1340. The second-order valence-electron chi connectivity index (χ2n) is 11.4. The standard InChI is InChI=1S/C32H35ClN4O2/c33-28-6-2-1-5-26(28)30(38)35-29-10-9-24-7-8-25(20-27(24)29)31(39)37-18-13-32(14-19-37)11-16-36(17-12-32)22-23-4-3-15-34-21-23/h1-8,15,20-21,29H,9-14,16-19,22H2,(H,35,38). The van der Waals surface area contributed by atoms with Crippen LogP contribution in [0.3, 0.4) is 0 Å². The number of halogens is 1. The van der Waals surface area contributed by atoms with Crippen molar-refractivity contribution in [2.75, 3.05) is 26.2 Å². The van der Waals surface area contributed by atoms with Gasteiger partial charge in [-0.15, -0.1) is 0 Å². The minimum atomic E-state index is -0.178. The predicted molar refractivity (Wildman–Crippen MR) is 153 cm³/mol. The Hall–Kier alpha value is -3.22. The highest BCUT2D eigenvalue weighted by Crippen LogP contribution is 2.42. The third-order valence-corrected chi connectivity index (χ3v) is 9.38. The van der Waals surface area contributed by atoms with E-state index >= 15 is 0 Å². The van der Waals surface area contributed by atoms with Gasteiger partial charge < -0.3 is 10.2 Å². The lowest BCUT2D eigenvalue weighted by atomic mass is 9.71. The topological polar surface area (TPSA) is 65.5 Å². The number of nitrogens with zero attached hydrogens (tertiary/aromatic N) is 3. The van der Waals surface area contributed by atoms with Crippen LogP contribution in [0.25, 0.3) is 0 Å².